The summed E-state index contributed by atoms with van der Waals surface area (Å²) in [4.78, 5) is 37.8. The Balaban J connectivity index is 1.57. The van der Waals surface area contributed by atoms with Crippen molar-refractivity contribution in [2.24, 2.45) is 0 Å². The minimum absolute atomic E-state index is 0.0341. The molecule has 5 aromatic rings. The van der Waals surface area contributed by atoms with Gasteiger partial charge in [0.1, 0.15) is 22.8 Å². The lowest BCUT2D eigenvalue weighted by atomic mass is 9.96. The topological polar surface area (TPSA) is 106 Å². The van der Waals surface area contributed by atoms with Gasteiger partial charge in [0.15, 0.2) is 10.9 Å². The fraction of sp³-hybridized carbons (Fsp3) is 0.172. The highest BCUT2D eigenvalue weighted by molar-refractivity contribution is 7.22. The number of fused-ring (bicyclic) bond motifs is 2. The number of aliphatic hydroxyl groups excluding tert-OH is 1. The first-order chi connectivity index (χ1) is 18.9. The van der Waals surface area contributed by atoms with E-state index < -0.39 is 17.7 Å². The molecule has 0 saturated carbocycles. The molecule has 39 heavy (non-hydrogen) atoms. The van der Waals surface area contributed by atoms with Gasteiger partial charge in [-0.15, -0.1) is 0 Å². The number of methoxy groups -OCH3 is 1. The lowest BCUT2D eigenvalue weighted by Crippen LogP contribution is -2.29. The lowest BCUT2D eigenvalue weighted by molar-refractivity contribution is -0.132. The summed E-state index contributed by atoms with van der Waals surface area (Å²) in [6, 6.07) is 17.1. The highest BCUT2D eigenvalue weighted by Crippen LogP contribution is 2.45. The molecule has 196 valence electrons. The molecule has 6 rings (SSSR count). The molecule has 1 aliphatic rings. The number of nitrogens with zero attached hydrogens (tertiary/aromatic N) is 4. The van der Waals surface area contributed by atoms with Crippen molar-refractivity contribution < 1.29 is 24.2 Å². The van der Waals surface area contributed by atoms with Crippen LogP contribution in [0.5, 0.6) is 11.5 Å². The van der Waals surface area contributed by atoms with Crippen LogP contribution < -0.4 is 14.4 Å². The number of anilines is 1. The van der Waals surface area contributed by atoms with E-state index in [9.17, 15) is 14.7 Å². The Bertz CT molecular complexity index is 1790. The number of rotatable bonds is 6. The Labute approximate surface area is 227 Å². The van der Waals surface area contributed by atoms with Crippen LogP contribution in [0.2, 0.25) is 0 Å². The quantitative estimate of drug-likeness (QED) is 0.177. The predicted molar refractivity (Wildman–Crippen MR) is 148 cm³/mol. The van der Waals surface area contributed by atoms with Crippen molar-refractivity contribution in [3.05, 3.63) is 89.4 Å². The van der Waals surface area contributed by atoms with Gasteiger partial charge in [0.2, 0.25) is 0 Å². The molecule has 0 spiro atoms. The van der Waals surface area contributed by atoms with Gasteiger partial charge in [0.05, 0.1) is 41.2 Å². The van der Waals surface area contributed by atoms with Crippen molar-refractivity contribution in [3.8, 4) is 11.5 Å². The average Bonchev–Trinajstić information content (AvgIpc) is 3.59. The average molecular weight is 541 g/mol. The summed E-state index contributed by atoms with van der Waals surface area (Å²) < 4.78 is 13.4. The number of hydrogen-bond acceptors (Lipinski definition) is 8. The molecule has 4 heterocycles. The normalized spacial score (nSPS) is 16.9. The van der Waals surface area contributed by atoms with Gasteiger partial charge < -0.3 is 14.6 Å². The van der Waals surface area contributed by atoms with Crippen LogP contribution in [0.25, 0.3) is 21.6 Å². The highest BCUT2D eigenvalue weighted by Gasteiger charge is 2.48. The number of aromatic nitrogens is 3. The second-order valence-electron chi connectivity index (χ2n) is 8.98. The largest absolute Gasteiger partial charge is 0.505 e. The molecule has 1 amide bonds. The molecule has 9 nitrogen and oxygen atoms in total. The third kappa shape index (κ3) is 4.00. The van der Waals surface area contributed by atoms with Crippen molar-refractivity contribution in [1.82, 2.24) is 14.4 Å². The van der Waals surface area contributed by atoms with Gasteiger partial charge in [-0.2, -0.15) is 0 Å². The molecule has 1 fully saturated rings. The summed E-state index contributed by atoms with van der Waals surface area (Å²) in [6.45, 7) is 4.18. The van der Waals surface area contributed by atoms with Crippen LogP contribution in [0, 0.1) is 6.92 Å². The van der Waals surface area contributed by atoms with Crippen LogP contribution >= 0.6 is 11.3 Å². The summed E-state index contributed by atoms with van der Waals surface area (Å²) in [6.07, 6.45) is 1.76. The summed E-state index contributed by atoms with van der Waals surface area (Å²) in [5.41, 5.74) is 2.76. The molecule has 1 saturated heterocycles. The molecule has 1 N–H and O–H groups in total. The molecule has 1 aliphatic heterocycles. The molecule has 1 atom stereocenters. The monoisotopic (exact) mass is 540 g/mol. The highest BCUT2D eigenvalue weighted by atomic mass is 32.1. The van der Waals surface area contributed by atoms with E-state index >= 15 is 0 Å². The molecule has 10 heteroatoms. The zero-order valence-corrected chi connectivity index (χ0v) is 22.2. The zero-order valence-electron chi connectivity index (χ0n) is 21.4. The molecule has 0 bridgehead atoms. The van der Waals surface area contributed by atoms with Gasteiger partial charge in [0.25, 0.3) is 5.78 Å². The standard InChI is InChI=1S/C29H24N4O5S/c1-4-38-19-12-13-20-21(15-19)39-29(31-20)33-25(17-8-10-18(37-3)11-9-17)23(27(35)28(33)36)26(34)24-16(2)30-22-7-5-6-14-32(22)24/h5-15,25,34H,4H2,1-3H3/b26-23+. The Morgan fingerprint density at radius 2 is 1.82 bits per heavy atom. The number of pyridine rings is 1. The predicted octanol–water partition coefficient (Wildman–Crippen LogP) is 5.29. The number of amides is 1. The number of benzene rings is 2. The van der Waals surface area contributed by atoms with Crippen LogP contribution in [0.15, 0.2) is 72.4 Å². The number of hydrogen-bond donors (Lipinski definition) is 1. The molecule has 3 aromatic heterocycles. The smallest absolute Gasteiger partial charge is 0.301 e. The summed E-state index contributed by atoms with van der Waals surface area (Å²) >= 11 is 1.28. The summed E-state index contributed by atoms with van der Waals surface area (Å²) in [7, 11) is 1.56. The number of imidazole rings is 1. The first-order valence-corrected chi connectivity index (χ1v) is 13.1. The van der Waals surface area contributed by atoms with Gasteiger partial charge in [-0.3, -0.25) is 18.9 Å². The number of thiazole rings is 1. The van der Waals surface area contributed by atoms with E-state index in [0.717, 1.165) is 4.70 Å². The Morgan fingerprint density at radius 1 is 1.05 bits per heavy atom. The second kappa shape index (κ2) is 9.55. The van der Waals surface area contributed by atoms with Crippen LogP contribution in [0.3, 0.4) is 0 Å². The number of ether oxygens (including phenoxy) is 2. The van der Waals surface area contributed by atoms with Crippen LogP contribution in [-0.4, -0.2) is 44.9 Å². The SMILES string of the molecule is CCOc1ccc2nc(N3C(=O)C(=O)/C(=C(/O)c4c(C)nc5ccccn45)C3c3ccc(OC)cc3)sc2c1. The van der Waals surface area contributed by atoms with E-state index in [1.54, 1.807) is 55.0 Å². The number of ketones is 1. The van der Waals surface area contributed by atoms with Crippen molar-refractivity contribution in [1.29, 1.82) is 0 Å². The van der Waals surface area contributed by atoms with Crippen LogP contribution in [-0.2, 0) is 9.59 Å². The van der Waals surface area contributed by atoms with Crippen molar-refractivity contribution >= 4 is 49.8 Å². The Hall–Kier alpha value is -4.70. The maximum atomic E-state index is 13.6. The summed E-state index contributed by atoms with van der Waals surface area (Å²) in [5, 5.41) is 12.0. The van der Waals surface area contributed by atoms with Crippen molar-refractivity contribution in [3.63, 3.8) is 0 Å². The van der Waals surface area contributed by atoms with E-state index in [2.05, 4.69) is 9.97 Å². The Kier molecular flexibility index (Phi) is 6.03. The number of aryl methyl sites for hydroxylation is 1. The maximum Gasteiger partial charge on any atom is 0.301 e. The van der Waals surface area contributed by atoms with Gasteiger partial charge in [-0.05, 0) is 61.9 Å². The first kappa shape index (κ1) is 24.6. The van der Waals surface area contributed by atoms with E-state index in [4.69, 9.17) is 9.47 Å². The van der Waals surface area contributed by atoms with E-state index in [1.807, 2.05) is 37.3 Å². The lowest BCUT2D eigenvalue weighted by Gasteiger charge is -2.23. The van der Waals surface area contributed by atoms with Crippen LogP contribution in [0.4, 0.5) is 5.13 Å². The van der Waals surface area contributed by atoms with E-state index in [-0.39, 0.29) is 11.3 Å². The van der Waals surface area contributed by atoms with Crippen molar-refractivity contribution in [2.75, 3.05) is 18.6 Å². The molecular weight excluding hydrogens is 516 g/mol. The van der Waals surface area contributed by atoms with Gasteiger partial charge in [0, 0.05) is 6.20 Å². The minimum atomic E-state index is -0.920. The third-order valence-corrected chi connectivity index (χ3v) is 7.69. The fourth-order valence-electron chi connectivity index (χ4n) is 4.91. The number of carbonyl (C=O) groups is 2. The number of aliphatic hydroxyl groups is 1. The maximum absolute atomic E-state index is 13.6. The van der Waals surface area contributed by atoms with Crippen molar-refractivity contribution in [2.45, 2.75) is 19.9 Å². The van der Waals surface area contributed by atoms with Gasteiger partial charge in [-0.25, -0.2) is 9.97 Å². The molecule has 0 aliphatic carbocycles. The van der Waals surface area contributed by atoms with E-state index in [0.29, 0.717) is 51.4 Å². The molecule has 2 aromatic carbocycles. The van der Waals surface area contributed by atoms with Crippen LogP contribution in [0.1, 0.15) is 29.9 Å². The number of carbonyl (C=O) groups excluding carboxylic acids is 2. The Morgan fingerprint density at radius 3 is 2.56 bits per heavy atom. The third-order valence-electron chi connectivity index (χ3n) is 6.67. The first-order valence-electron chi connectivity index (χ1n) is 12.3. The molecular formula is C29H24N4O5S. The molecule has 1 unspecified atom stereocenters. The van der Waals surface area contributed by atoms with Gasteiger partial charge in [-0.1, -0.05) is 29.5 Å². The van der Waals surface area contributed by atoms with Gasteiger partial charge >= 0.3 is 5.91 Å². The number of Topliss-reactive ketones (excluding diaryl/α,β-unsaturated/α-hetero) is 1. The van der Waals surface area contributed by atoms with E-state index in [1.165, 1.54) is 16.2 Å². The molecule has 0 radical (unpaired) electrons. The zero-order chi connectivity index (χ0) is 27.3. The summed E-state index contributed by atoms with van der Waals surface area (Å²) in [5.74, 6) is -0.554. The fourth-order valence-corrected chi connectivity index (χ4v) is 5.93. The minimum Gasteiger partial charge on any atom is -0.505 e. The second-order valence-corrected chi connectivity index (χ2v) is 9.98.